The van der Waals surface area contributed by atoms with E-state index in [-0.39, 0.29) is 18.0 Å². The minimum Gasteiger partial charge on any atom is -0.340 e. The lowest BCUT2D eigenvalue weighted by Crippen LogP contribution is -2.51. The van der Waals surface area contributed by atoms with Crippen molar-refractivity contribution in [1.29, 1.82) is 0 Å². The molecule has 0 saturated carbocycles. The van der Waals surface area contributed by atoms with Crippen molar-refractivity contribution in [3.63, 3.8) is 0 Å². The number of hydrogen-bond acceptors (Lipinski definition) is 3. The zero-order valence-electron chi connectivity index (χ0n) is 14.7. The second kappa shape index (κ2) is 8.46. The second-order valence-corrected chi connectivity index (χ2v) is 6.88. The monoisotopic (exact) mass is 317 g/mol. The summed E-state index contributed by atoms with van der Waals surface area (Å²) in [7, 11) is 1.86. The van der Waals surface area contributed by atoms with Crippen LogP contribution in [0.1, 0.15) is 32.3 Å². The summed E-state index contributed by atoms with van der Waals surface area (Å²) in [4.78, 5) is 16.7. The number of piperidine rings is 1. The molecule has 23 heavy (non-hydrogen) atoms. The van der Waals surface area contributed by atoms with Crippen LogP contribution in [0.3, 0.4) is 0 Å². The molecular weight excluding hydrogens is 286 g/mol. The average Bonchev–Trinajstić information content (AvgIpc) is 2.60. The van der Waals surface area contributed by atoms with Gasteiger partial charge in [-0.05, 0) is 57.7 Å². The van der Waals surface area contributed by atoms with Crippen LogP contribution < -0.4 is 5.73 Å². The summed E-state index contributed by atoms with van der Waals surface area (Å²) in [6.07, 6.45) is 3.49. The molecule has 1 amide bonds. The largest absolute Gasteiger partial charge is 0.340 e. The minimum atomic E-state index is -0.0494. The van der Waals surface area contributed by atoms with Crippen molar-refractivity contribution in [3.8, 4) is 0 Å². The maximum absolute atomic E-state index is 12.5. The number of benzene rings is 1. The molecule has 1 heterocycles. The lowest BCUT2D eigenvalue weighted by Gasteiger charge is -2.37. The van der Waals surface area contributed by atoms with Crippen molar-refractivity contribution in [3.05, 3.63) is 35.9 Å². The molecule has 4 nitrogen and oxygen atoms in total. The van der Waals surface area contributed by atoms with Gasteiger partial charge in [0.1, 0.15) is 0 Å². The van der Waals surface area contributed by atoms with Crippen LogP contribution in [0.2, 0.25) is 0 Å². The molecule has 0 spiro atoms. The van der Waals surface area contributed by atoms with Crippen LogP contribution in [0.5, 0.6) is 0 Å². The van der Waals surface area contributed by atoms with E-state index in [1.807, 2.05) is 20.9 Å². The Kier molecular flexibility index (Phi) is 6.60. The zero-order valence-corrected chi connectivity index (χ0v) is 14.7. The first-order valence-corrected chi connectivity index (χ1v) is 8.77. The van der Waals surface area contributed by atoms with Gasteiger partial charge < -0.3 is 10.6 Å². The molecule has 1 aliphatic rings. The van der Waals surface area contributed by atoms with E-state index < -0.39 is 0 Å². The molecule has 1 aromatic rings. The molecule has 1 aromatic carbocycles. The van der Waals surface area contributed by atoms with Crippen LogP contribution in [0, 0.1) is 5.92 Å². The number of likely N-dealkylation sites (N-methyl/N-ethyl adjacent to an activating group) is 1. The highest BCUT2D eigenvalue weighted by Gasteiger charge is 2.29. The number of hydrogen-bond donors (Lipinski definition) is 1. The molecule has 1 saturated heterocycles. The molecule has 2 rings (SSSR count). The SMILES string of the molecule is CC(C(=O)N(C)C(C)CN)N1CCC(Cc2ccccc2)CC1. The van der Waals surface area contributed by atoms with Crippen LogP contribution in [0.25, 0.3) is 0 Å². The van der Waals surface area contributed by atoms with Gasteiger partial charge in [0.25, 0.3) is 0 Å². The van der Waals surface area contributed by atoms with Gasteiger partial charge in [-0.25, -0.2) is 0 Å². The van der Waals surface area contributed by atoms with E-state index in [9.17, 15) is 4.79 Å². The van der Waals surface area contributed by atoms with Gasteiger partial charge in [-0.3, -0.25) is 9.69 Å². The quantitative estimate of drug-likeness (QED) is 0.874. The lowest BCUT2D eigenvalue weighted by atomic mass is 9.89. The van der Waals surface area contributed by atoms with E-state index in [2.05, 4.69) is 35.2 Å². The summed E-state index contributed by atoms with van der Waals surface area (Å²) in [6.45, 7) is 6.55. The van der Waals surface area contributed by atoms with E-state index in [0.29, 0.717) is 6.54 Å². The van der Waals surface area contributed by atoms with Gasteiger partial charge >= 0.3 is 0 Å². The zero-order chi connectivity index (χ0) is 16.8. The Bertz CT molecular complexity index is 483. The number of nitrogens with two attached hydrogens (primary N) is 1. The molecule has 0 bridgehead atoms. The first kappa shape index (κ1) is 18.0. The number of likely N-dealkylation sites (tertiary alicyclic amines) is 1. The fourth-order valence-corrected chi connectivity index (χ4v) is 3.32. The summed E-state index contributed by atoms with van der Waals surface area (Å²) < 4.78 is 0. The van der Waals surface area contributed by atoms with Crippen molar-refractivity contribution >= 4 is 5.91 Å². The normalized spacial score (nSPS) is 19.3. The van der Waals surface area contributed by atoms with Crippen LogP contribution in [0.15, 0.2) is 30.3 Å². The second-order valence-electron chi connectivity index (χ2n) is 6.88. The molecule has 2 unspecified atom stereocenters. The van der Waals surface area contributed by atoms with Gasteiger partial charge in [-0.1, -0.05) is 30.3 Å². The predicted octanol–water partition coefficient (Wildman–Crippen LogP) is 2.14. The molecule has 1 fully saturated rings. The van der Waals surface area contributed by atoms with Gasteiger partial charge in [0.05, 0.1) is 6.04 Å². The van der Waals surface area contributed by atoms with E-state index in [1.54, 1.807) is 4.90 Å². The Hall–Kier alpha value is -1.39. The number of carbonyl (C=O) groups is 1. The molecule has 2 atom stereocenters. The Morgan fingerprint density at radius 2 is 1.87 bits per heavy atom. The van der Waals surface area contributed by atoms with Gasteiger partial charge in [0.2, 0.25) is 5.91 Å². The highest BCUT2D eigenvalue weighted by molar-refractivity contribution is 5.81. The third-order valence-corrected chi connectivity index (χ3v) is 5.27. The van der Waals surface area contributed by atoms with E-state index in [0.717, 1.165) is 25.4 Å². The van der Waals surface area contributed by atoms with Crippen LogP contribution in [-0.2, 0) is 11.2 Å². The van der Waals surface area contributed by atoms with Crippen molar-refractivity contribution < 1.29 is 4.79 Å². The van der Waals surface area contributed by atoms with Crippen molar-refractivity contribution in [1.82, 2.24) is 9.80 Å². The fraction of sp³-hybridized carbons (Fsp3) is 0.632. The number of nitrogens with zero attached hydrogens (tertiary/aromatic N) is 2. The Balaban J connectivity index is 1.82. The lowest BCUT2D eigenvalue weighted by molar-refractivity contribution is -0.137. The summed E-state index contributed by atoms with van der Waals surface area (Å²) in [5.74, 6) is 0.918. The molecule has 0 radical (unpaired) electrons. The molecular formula is C19H31N3O. The predicted molar refractivity (Wildman–Crippen MR) is 95.2 cm³/mol. The summed E-state index contributed by atoms with van der Waals surface area (Å²) in [5, 5.41) is 0. The van der Waals surface area contributed by atoms with Crippen molar-refractivity contribution in [2.24, 2.45) is 11.7 Å². The highest BCUT2D eigenvalue weighted by atomic mass is 16.2. The summed E-state index contributed by atoms with van der Waals surface area (Å²) in [6, 6.07) is 10.8. The van der Waals surface area contributed by atoms with E-state index >= 15 is 0 Å². The third kappa shape index (κ3) is 4.79. The Morgan fingerprint density at radius 3 is 2.43 bits per heavy atom. The minimum absolute atomic E-state index is 0.0494. The topological polar surface area (TPSA) is 49.6 Å². The van der Waals surface area contributed by atoms with Crippen LogP contribution >= 0.6 is 0 Å². The molecule has 1 aliphatic heterocycles. The smallest absolute Gasteiger partial charge is 0.239 e. The molecule has 0 aliphatic carbocycles. The average molecular weight is 317 g/mol. The van der Waals surface area contributed by atoms with Gasteiger partial charge in [0.15, 0.2) is 0 Å². The van der Waals surface area contributed by atoms with Gasteiger partial charge in [0, 0.05) is 19.6 Å². The number of amides is 1. The highest BCUT2D eigenvalue weighted by Crippen LogP contribution is 2.23. The van der Waals surface area contributed by atoms with Crippen LogP contribution in [-0.4, -0.2) is 54.5 Å². The number of carbonyl (C=O) groups excluding carboxylic acids is 1. The fourth-order valence-electron chi connectivity index (χ4n) is 3.32. The maximum atomic E-state index is 12.5. The standard InChI is InChI=1S/C19H31N3O/c1-15(14-20)21(3)19(23)16(2)22-11-9-18(10-12-22)13-17-7-5-4-6-8-17/h4-8,15-16,18H,9-14,20H2,1-3H3. The molecule has 4 heteroatoms. The Morgan fingerprint density at radius 1 is 1.26 bits per heavy atom. The number of rotatable bonds is 6. The summed E-state index contributed by atoms with van der Waals surface area (Å²) >= 11 is 0. The molecule has 0 aromatic heterocycles. The Labute approximate surface area is 140 Å². The van der Waals surface area contributed by atoms with Crippen molar-refractivity contribution in [2.45, 2.75) is 45.2 Å². The molecule has 2 N–H and O–H groups in total. The van der Waals surface area contributed by atoms with Gasteiger partial charge in [-0.15, -0.1) is 0 Å². The van der Waals surface area contributed by atoms with Gasteiger partial charge in [-0.2, -0.15) is 0 Å². The van der Waals surface area contributed by atoms with Crippen molar-refractivity contribution in [2.75, 3.05) is 26.7 Å². The van der Waals surface area contributed by atoms with Crippen LogP contribution in [0.4, 0.5) is 0 Å². The molecule has 128 valence electrons. The summed E-state index contributed by atoms with van der Waals surface area (Å²) in [5.41, 5.74) is 7.10. The first-order valence-electron chi connectivity index (χ1n) is 8.77. The maximum Gasteiger partial charge on any atom is 0.239 e. The third-order valence-electron chi connectivity index (χ3n) is 5.27. The van der Waals surface area contributed by atoms with E-state index in [1.165, 1.54) is 18.4 Å². The van der Waals surface area contributed by atoms with E-state index in [4.69, 9.17) is 5.73 Å². The first-order chi connectivity index (χ1) is 11.0.